The molecule has 3 N–H and O–H groups in total. The van der Waals surface area contributed by atoms with Crippen molar-refractivity contribution in [3.05, 3.63) is 29.3 Å². The van der Waals surface area contributed by atoms with E-state index in [1.807, 2.05) is 13.0 Å². The predicted octanol–water partition coefficient (Wildman–Crippen LogP) is 2.29. The van der Waals surface area contributed by atoms with Crippen LogP contribution in [0, 0.1) is 11.8 Å². The average molecular weight is 489 g/mol. The summed E-state index contributed by atoms with van der Waals surface area (Å²) in [5.74, 6) is 1.93. The Morgan fingerprint density at radius 2 is 1.94 bits per heavy atom. The van der Waals surface area contributed by atoms with Crippen LogP contribution in [0.15, 0.2) is 18.2 Å². The van der Waals surface area contributed by atoms with Gasteiger partial charge in [0.2, 0.25) is 18.2 Å². The predicted molar refractivity (Wildman–Crippen MR) is 138 cm³/mol. The summed E-state index contributed by atoms with van der Waals surface area (Å²) >= 11 is 0. The van der Waals surface area contributed by atoms with Crippen LogP contribution >= 0.6 is 0 Å². The van der Waals surface area contributed by atoms with E-state index in [1.54, 1.807) is 7.05 Å². The lowest BCUT2D eigenvalue weighted by atomic mass is 10.0. The van der Waals surface area contributed by atoms with Crippen molar-refractivity contribution in [1.82, 2.24) is 20.9 Å². The number of amides is 3. The van der Waals surface area contributed by atoms with Crippen LogP contribution in [0.3, 0.4) is 0 Å². The quantitative estimate of drug-likeness (QED) is 0.292. The fraction of sp³-hybridized carbons (Fsp3) is 0.667. The van der Waals surface area contributed by atoms with E-state index in [1.165, 1.54) is 10.5 Å². The molecule has 2 aliphatic rings. The van der Waals surface area contributed by atoms with E-state index in [2.05, 4.69) is 48.9 Å². The number of ether oxygens (including phenoxy) is 1. The molecular formula is C27H44N4O4. The number of benzene rings is 1. The van der Waals surface area contributed by atoms with E-state index in [0.29, 0.717) is 25.6 Å². The lowest BCUT2D eigenvalue weighted by Crippen LogP contribution is -2.51. The molecule has 8 nitrogen and oxygen atoms in total. The second kappa shape index (κ2) is 14.7. The van der Waals surface area contributed by atoms with Crippen molar-refractivity contribution in [3.63, 3.8) is 0 Å². The van der Waals surface area contributed by atoms with Gasteiger partial charge in [-0.3, -0.25) is 14.4 Å². The summed E-state index contributed by atoms with van der Waals surface area (Å²) in [6.45, 7) is 10.2. The first kappa shape index (κ1) is 28.6. The molecule has 1 aromatic carbocycles. The molecule has 1 aliphatic carbocycles. The van der Waals surface area contributed by atoms with E-state index in [4.69, 9.17) is 4.74 Å². The third-order valence-electron chi connectivity index (χ3n) is 5.82. The molecule has 1 heterocycles. The molecule has 2 unspecified atom stereocenters. The fourth-order valence-electron chi connectivity index (χ4n) is 4.08. The smallest absolute Gasteiger partial charge is 0.240 e. The van der Waals surface area contributed by atoms with Crippen molar-refractivity contribution in [2.45, 2.75) is 71.9 Å². The minimum absolute atomic E-state index is 0.0213. The van der Waals surface area contributed by atoms with Gasteiger partial charge in [-0.2, -0.15) is 0 Å². The van der Waals surface area contributed by atoms with E-state index in [0.717, 1.165) is 55.7 Å². The van der Waals surface area contributed by atoms with Crippen molar-refractivity contribution >= 4 is 18.2 Å². The Morgan fingerprint density at radius 3 is 2.57 bits per heavy atom. The molecule has 0 bridgehead atoms. The Bertz CT molecular complexity index is 823. The summed E-state index contributed by atoms with van der Waals surface area (Å²) in [4.78, 5) is 36.7. The largest absolute Gasteiger partial charge is 0.488 e. The number of hydrogen-bond donors (Lipinski definition) is 3. The standard InChI is InChI=1S/C23H34N4O4.C4H10/c1-3-25-20(29)14-27(2)23(30)21(16-9-10-16)26-13-19-12-18-7-4-6-17(22(18)31-19)8-5-11-24-15-28;1-4(2)3/h4,6-7,15-16,19,21,26H,3,5,8-14H2,1-2H3,(H,24,28)(H,25,29);4H,1-3H3. The van der Waals surface area contributed by atoms with Gasteiger partial charge in [-0.15, -0.1) is 0 Å². The SMILES string of the molecule is CC(C)C.CCNC(=O)CN(C)C(=O)C(NCC1Cc2cccc(CCCNC=O)c2O1)C1CC1. The number of nitrogens with zero attached hydrogens (tertiary/aromatic N) is 1. The number of hydrogen-bond acceptors (Lipinski definition) is 5. The van der Waals surface area contributed by atoms with Gasteiger partial charge < -0.3 is 25.6 Å². The number of nitrogens with one attached hydrogen (secondary N) is 3. The third kappa shape index (κ3) is 9.88. The Labute approximate surface area is 210 Å². The summed E-state index contributed by atoms with van der Waals surface area (Å²) in [6, 6.07) is 5.93. The van der Waals surface area contributed by atoms with Gasteiger partial charge in [-0.1, -0.05) is 39.0 Å². The maximum absolute atomic E-state index is 12.9. The molecule has 1 aromatic rings. The molecule has 3 rings (SSSR count). The molecule has 2 atom stereocenters. The second-order valence-corrected chi connectivity index (χ2v) is 10.1. The van der Waals surface area contributed by atoms with Gasteiger partial charge in [0, 0.05) is 33.1 Å². The maximum atomic E-state index is 12.9. The van der Waals surface area contributed by atoms with Crippen molar-refractivity contribution in [2.75, 3.05) is 33.2 Å². The minimum Gasteiger partial charge on any atom is -0.488 e. The van der Waals surface area contributed by atoms with Crippen LogP contribution in [-0.4, -0.2) is 68.5 Å². The van der Waals surface area contributed by atoms with Gasteiger partial charge in [0.05, 0.1) is 12.6 Å². The van der Waals surface area contributed by atoms with Crippen LogP contribution in [0.2, 0.25) is 0 Å². The lowest BCUT2D eigenvalue weighted by molar-refractivity contribution is -0.136. The molecule has 0 radical (unpaired) electrons. The minimum atomic E-state index is -0.277. The fourth-order valence-corrected chi connectivity index (χ4v) is 4.08. The molecule has 3 amide bonds. The van der Waals surface area contributed by atoms with Crippen molar-refractivity contribution in [2.24, 2.45) is 11.8 Å². The number of aryl methyl sites for hydroxylation is 1. The number of carbonyl (C=O) groups is 3. The van der Waals surface area contributed by atoms with Crippen LogP contribution in [0.1, 0.15) is 58.1 Å². The summed E-state index contributed by atoms with van der Waals surface area (Å²) < 4.78 is 6.24. The van der Waals surface area contributed by atoms with Gasteiger partial charge in [-0.25, -0.2) is 0 Å². The highest BCUT2D eigenvalue weighted by Crippen LogP contribution is 2.35. The van der Waals surface area contributed by atoms with Crippen LogP contribution < -0.4 is 20.7 Å². The van der Waals surface area contributed by atoms with Gasteiger partial charge in [-0.05, 0) is 55.6 Å². The zero-order valence-electron chi connectivity index (χ0n) is 22.1. The molecule has 196 valence electrons. The number of carbonyl (C=O) groups excluding carboxylic acids is 3. The highest BCUT2D eigenvalue weighted by molar-refractivity contribution is 5.87. The normalized spacial score (nSPS) is 16.9. The molecule has 1 aliphatic heterocycles. The zero-order chi connectivity index (χ0) is 25.8. The molecule has 35 heavy (non-hydrogen) atoms. The Kier molecular flexibility index (Phi) is 12.0. The van der Waals surface area contributed by atoms with Crippen LogP contribution in [0.5, 0.6) is 5.75 Å². The molecule has 0 aromatic heterocycles. The summed E-state index contributed by atoms with van der Waals surface area (Å²) in [5, 5.41) is 8.85. The number of para-hydroxylation sites is 1. The first-order valence-electron chi connectivity index (χ1n) is 13.0. The van der Waals surface area contributed by atoms with E-state index >= 15 is 0 Å². The van der Waals surface area contributed by atoms with E-state index in [9.17, 15) is 14.4 Å². The lowest BCUT2D eigenvalue weighted by Gasteiger charge is -2.25. The summed E-state index contributed by atoms with van der Waals surface area (Å²) in [6.07, 6.45) is 5.27. The highest BCUT2D eigenvalue weighted by Gasteiger charge is 2.38. The second-order valence-electron chi connectivity index (χ2n) is 10.1. The third-order valence-corrected chi connectivity index (χ3v) is 5.82. The topological polar surface area (TPSA) is 99.8 Å². The Hall–Kier alpha value is -2.61. The number of likely N-dealkylation sites (N-methyl/N-ethyl adjacent to an activating group) is 2. The molecular weight excluding hydrogens is 444 g/mol. The first-order chi connectivity index (χ1) is 16.8. The maximum Gasteiger partial charge on any atom is 0.240 e. The van der Waals surface area contributed by atoms with Gasteiger partial charge in [0.15, 0.2) is 0 Å². The van der Waals surface area contributed by atoms with E-state index < -0.39 is 0 Å². The monoisotopic (exact) mass is 488 g/mol. The molecule has 1 saturated carbocycles. The molecule has 0 saturated heterocycles. The molecule has 8 heteroatoms. The van der Waals surface area contributed by atoms with Crippen molar-refractivity contribution in [3.8, 4) is 5.75 Å². The number of fused-ring (bicyclic) bond motifs is 1. The van der Waals surface area contributed by atoms with Crippen LogP contribution in [0.4, 0.5) is 0 Å². The zero-order valence-corrected chi connectivity index (χ0v) is 22.1. The highest BCUT2D eigenvalue weighted by atomic mass is 16.5. The van der Waals surface area contributed by atoms with Crippen molar-refractivity contribution in [1.29, 1.82) is 0 Å². The summed E-state index contributed by atoms with van der Waals surface area (Å²) in [5.41, 5.74) is 2.35. The average Bonchev–Trinajstić information content (AvgIpc) is 3.54. The first-order valence-corrected chi connectivity index (χ1v) is 13.0. The van der Waals surface area contributed by atoms with Gasteiger partial charge >= 0.3 is 0 Å². The number of rotatable bonds is 13. The molecule has 1 fully saturated rings. The Morgan fingerprint density at radius 1 is 1.23 bits per heavy atom. The van der Waals surface area contributed by atoms with Crippen LogP contribution in [0.25, 0.3) is 0 Å². The van der Waals surface area contributed by atoms with Gasteiger partial charge in [0.25, 0.3) is 0 Å². The Balaban J connectivity index is 0.00000100. The van der Waals surface area contributed by atoms with Crippen LogP contribution in [-0.2, 0) is 27.2 Å². The molecule has 0 spiro atoms. The van der Waals surface area contributed by atoms with E-state index in [-0.39, 0.29) is 30.5 Å². The van der Waals surface area contributed by atoms with Crippen molar-refractivity contribution < 1.29 is 19.1 Å². The summed E-state index contributed by atoms with van der Waals surface area (Å²) in [7, 11) is 1.68. The van der Waals surface area contributed by atoms with Gasteiger partial charge in [0.1, 0.15) is 11.9 Å².